The van der Waals surface area contributed by atoms with E-state index in [0.29, 0.717) is 5.41 Å². The fraction of sp³-hybridized carbons (Fsp3) is 0.714. The lowest BCUT2D eigenvalue weighted by molar-refractivity contribution is 0.408. The monoisotopic (exact) mass is 192 g/mol. The SMILES string of the molecule is C=CCC[C@]1(CC=C)C[C@@H]1CCCC. The summed E-state index contributed by atoms with van der Waals surface area (Å²) in [6, 6.07) is 0. The van der Waals surface area contributed by atoms with E-state index in [1.54, 1.807) is 0 Å². The molecule has 0 nitrogen and oxygen atoms in total. The highest BCUT2D eigenvalue weighted by molar-refractivity contribution is 5.05. The summed E-state index contributed by atoms with van der Waals surface area (Å²) < 4.78 is 0. The smallest absolute Gasteiger partial charge is 0.0229 e. The Hall–Kier alpha value is -0.520. The van der Waals surface area contributed by atoms with Crippen molar-refractivity contribution >= 4 is 0 Å². The summed E-state index contributed by atoms with van der Waals surface area (Å²) in [5.74, 6) is 0.986. The van der Waals surface area contributed by atoms with E-state index in [2.05, 4.69) is 32.2 Å². The highest BCUT2D eigenvalue weighted by Crippen LogP contribution is 2.60. The summed E-state index contributed by atoms with van der Waals surface area (Å²) in [4.78, 5) is 0. The Morgan fingerprint density at radius 2 is 2.14 bits per heavy atom. The maximum absolute atomic E-state index is 3.88. The van der Waals surface area contributed by atoms with Crippen molar-refractivity contribution in [2.75, 3.05) is 0 Å². The molecule has 0 aromatic heterocycles. The van der Waals surface area contributed by atoms with Gasteiger partial charge >= 0.3 is 0 Å². The fourth-order valence-electron chi connectivity index (χ4n) is 2.63. The van der Waals surface area contributed by atoms with Crippen LogP contribution in [0.2, 0.25) is 0 Å². The molecule has 14 heavy (non-hydrogen) atoms. The van der Waals surface area contributed by atoms with Gasteiger partial charge in [-0.05, 0) is 43.4 Å². The molecule has 0 amide bonds. The number of hydrogen-bond donors (Lipinski definition) is 0. The van der Waals surface area contributed by atoms with Crippen LogP contribution >= 0.6 is 0 Å². The normalized spacial score (nSPS) is 29.9. The zero-order valence-electron chi connectivity index (χ0n) is 9.60. The predicted octanol–water partition coefficient (Wildman–Crippen LogP) is 4.73. The topological polar surface area (TPSA) is 0 Å². The molecule has 0 heteroatoms. The Bertz CT molecular complexity index is 192. The van der Waals surface area contributed by atoms with Crippen molar-refractivity contribution < 1.29 is 0 Å². The Morgan fingerprint density at radius 3 is 2.71 bits per heavy atom. The lowest BCUT2D eigenvalue weighted by Gasteiger charge is -2.14. The van der Waals surface area contributed by atoms with Crippen molar-refractivity contribution in [2.24, 2.45) is 11.3 Å². The van der Waals surface area contributed by atoms with E-state index >= 15 is 0 Å². The standard InChI is InChI=1S/C14H24/c1-4-7-9-13-12-14(13,10-6-3)11-8-5-2/h5-6,13H,2-4,7-12H2,1H3/t13-,14+/m0/s1. The summed E-state index contributed by atoms with van der Waals surface area (Å²) in [7, 11) is 0. The second-order valence-electron chi connectivity index (χ2n) is 4.73. The molecule has 2 atom stereocenters. The highest BCUT2D eigenvalue weighted by Gasteiger charge is 2.50. The molecule has 1 saturated carbocycles. The first-order chi connectivity index (χ1) is 6.79. The Labute approximate surface area is 89.1 Å². The molecule has 1 rings (SSSR count). The van der Waals surface area contributed by atoms with Crippen molar-refractivity contribution in [1.29, 1.82) is 0 Å². The van der Waals surface area contributed by atoms with Crippen LogP contribution in [-0.4, -0.2) is 0 Å². The first kappa shape index (κ1) is 11.6. The second-order valence-corrected chi connectivity index (χ2v) is 4.73. The zero-order valence-corrected chi connectivity index (χ0v) is 9.60. The first-order valence-electron chi connectivity index (χ1n) is 6.01. The average Bonchev–Trinajstić information content (AvgIpc) is 2.87. The summed E-state index contributed by atoms with van der Waals surface area (Å²) in [6.45, 7) is 9.97. The Kier molecular flexibility index (Phi) is 4.44. The lowest BCUT2D eigenvalue weighted by atomic mass is 9.91. The fourth-order valence-corrected chi connectivity index (χ4v) is 2.63. The van der Waals surface area contributed by atoms with Gasteiger partial charge in [0.15, 0.2) is 0 Å². The number of hydrogen-bond acceptors (Lipinski definition) is 0. The molecule has 0 aromatic rings. The first-order valence-corrected chi connectivity index (χ1v) is 6.01. The van der Waals surface area contributed by atoms with Crippen LogP contribution in [0, 0.1) is 11.3 Å². The summed E-state index contributed by atoms with van der Waals surface area (Å²) in [6.07, 6.45) is 13.5. The van der Waals surface area contributed by atoms with E-state index in [9.17, 15) is 0 Å². The van der Waals surface area contributed by atoms with Crippen LogP contribution in [0.4, 0.5) is 0 Å². The molecule has 0 unspecified atom stereocenters. The van der Waals surface area contributed by atoms with Gasteiger partial charge in [-0.25, -0.2) is 0 Å². The van der Waals surface area contributed by atoms with Gasteiger partial charge in [0.1, 0.15) is 0 Å². The summed E-state index contributed by atoms with van der Waals surface area (Å²) >= 11 is 0. The Morgan fingerprint density at radius 1 is 1.36 bits per heavy atom. The molecule has 0 aliphatic heterocycles. The van der Waals surface area contributed by atoms with Gasteiger partial charge in [0.2, 0.25) is 0 Å². The van der Waals surface area contributed by atoms with E-state index in [0.717, 1.165) is 5.92 Å². The quantitative estimate of drug-likeness (QED) is 0.488. The summed E-state index contributed by atoms with van der Waals surface area (Å²) in [5.41, 5.74) is 0.630. The molecule has 0 spiro atoms. The van der Waals surface area contributed by atoms with Crippen LogP contribution in [0.5, 0.6) is 0 Å². The van der Waals surface area contributed by atoms with Gasteiger partial charge < -0.3 is 0 Å². The molecule has 0 aromatic carbocycles. The molecule has 1 aliphatic rings. The third-order valence-corrected chi connectivity index (χ3v) is 3.66. The van der Waals surface area contributed by atoms with Crippen LogP contribution in [0.3, 0.4) is 0 Å². The molecular weight excluding hydrogens is 168 g/mol. The molecule has 1 aliphatic carbocycles. The minimum atomic E-state index is 0.630. The Balaban J connectivity index is 2.34. The van der Waals surface area contributed by atoms with Crippen molar-refractivity contribution in [3.8, 4) is 0 Å². The molecule has 80 valence electrons. The van der Waals surface area contributed by atoms with Crippen LogP contribution < -0.4 is 0 Å². The predicted molar refractivity (Wildman–Crippen MR) is 64.3 cm³/mol. The van der Waals surface area contributed by atoms with Gasteiger partial charge in [-0.3, -0.25) is 0 Å². The molecule has 0 radical (unpaired) electrons. The van der Waals surface area contributed by atoms with E-state index in [-0.39, 0.29) is 0 Å². The van der Waals surface area contributed by atoms with Gasteiger partial charge in [0.25, 0.3) is 0 Å². The largest absolute Gasteiger partial charge is 0.103 e. The molecule has 0 saturated heterocycles. The average molecular weight is 192 g/mol. The van der Waals surface area contributed by atoms with Crippen molar-refractivity contribution in [3.05, 3.63) is 25.3 Å². The van der Waals surface area contributed by atoms with Crippen LogP contribution in [0.1, 0.15) is 51.9 Å². The van der Waals surface area contributed by atoms with Crippen molar-refractivity contribution in [1.82, 2.24) is 0 Å². The van der Waals surface area contributed by atoms with Crippen LogP contribution in [0.25, 0.3) is 0 Å². The van der Waals surface area contributed by atoms with E-state index in [1.807, 2.05) is 0 Å². The van der Waals surface area contributed by atoms with E-state index in [4.69, 9.17) is 0 Å². The van der Waals surface area contributed by atoms with Gasteiger partial charge in [0, 0.05) is 0 Å². The number of unbranched alkanes of at least 4 members (excludes halogenated alkanes) is 1. The van der Waals surface area contributed by atoms with Gasteiger partial charge in [-0.1, -0.05) is 31.9 Å². The highest BCUT2D eigenvalue weighted by atomic mass is 14.5. The molecule has 0 N–H and O–H groups in total. The minimum absolute atomic E-state index is 0.630. The van der Waals surface area contributed by atoms with Gasteiger partial charge in [-0.2, -0.15) is 0 Å². The number of allylic oxidation sites excluding steroid dienone is 2. The maximum atomic E-state index is 3.88. The van der Waals surface area contributed by atoms with Crippen LogP contribution in [-0.2, 0) is 0 Å². The van der Waals surface area contributed by atoms with Gasteiger partial charge in [-0.15, -0.1) is 13.2 Å². The second kappa shape index (κ2) is 5.38. The molecule has 1 fully saturated rings. The maximum Gasteiger partial charge on any atom is -0.0229 e. The molecule has 0 bridgehead atoms. The van der Waals surface area contributed by atoms with E-state index in [1.165, 1.54) is 44.9 Å². The third kappa shape index (κ3) is 2.73. The van der Waals surface area contributed by atoms with Crippen molar-refractivity contribution in [3.63, 3.8) is 0 Å². The van der Waals surface area contributed by atoms with Crippen molar-refractivity contribution in [2.45, 2.75) is 51.9 Å². The summed E-state index contributed by atoms with van der Waals surface area (Å²) in [5, 5.41) is 0. The minimum Gasteiger partial charge on any atom is -0.103 e. The lowest BCUT2D eigenvalue weighted by Crippen LogP contribution is -2.02. The molecule has 0 heterocycles. The molecular formula is C14H24. The zero-order chi connectivity index (χ0) is 10.4. The van der Waals surface area contributed by atoms with Crippen LogP contribution in [0.15, 0.2) is 25.3 Å². The number of rotatable bonds is 8. The third-order valence-electron chi connectivity index (χ3n) is 3.66. The van der Waals surface area contributed by atoms with E-state index < -0.39 is 0 Å². The van der Waals surface area contributed by atoms with Gasteiger partial charge in [0.05, 0.1) is 0 Å².